The van der Waals surface area contributed by atoms with Gasteiger partial charge in [-0.1, -0.05) is 0 Å². The van der Waals surface area contributed by atoms with E-state index in [2.05, 4.69) is 5.32 Å². The molecule has 0 bridgehead atoms. The summed E-state index contributed by atoms with van der Waals surface area (Å²) >= 11 is 0. The van der Waals surface area contributed by atoms with E-state index in [9.17, 15) is 9.59 Å². The van der Waals surface area contributed by atoms with Gasteiger partial charge in [-0.25, -0.2) is 0 Å². The van der Waals surface area contributed by atoms with Crippen molar-refractivity contribution < 1.29 is 14.3 Å². The summed E-state index contributed by atoms with van der Waals surface area (Å²) in [5.74, 6) is 0.0380. The molecule has 2 aliphatic heterocycles. The third-order valence-corrected chi connectivity index (χ3v) is 3.57. The van der Waals surface area contributed by atoms with E-state index in [1.54, 1.807) is 4.90 Å². The second-order valence-corrected chi connectivity index (χ2v) is 5.05. The zero-order valence-corrected chi connectivity index (χ0v) is 10.8. The van der Waals surface area contributed by atoms with Crippen molar-refractivity contribution in [3.63, 3.8) is 0 Å². The van der Waals surface area contributed by atoms with Gasteiger partial charge < -0.3 is 15.0 Å². The van der Waals surface area contributed by atoms with Gasteiger partial charge in [-0.15, -0.1) is 0 Å². The smallest absolute Gasteiger partial charge is 0.239 e. The second-order valence-electron chi connectivity index (χ2n) is 5.05. The first kappa shape index (κ1) is 13.3. The number of hydrogen-bond donors (Lipinski definition) is 1. The van der Waals surface area contributed by atoms with Crippen molar-refractivity contribution in [2.24, 2.45) is 0 Å². The van der Waals surface area contributed by atoms with Crippen LogP contribution in [0.5, 0.6) is 0 Å². The molecule has 2 fully saturated rings. The van der Waals surface area contributed by atoms with E-state index in [-0.39, 0.29) is 24.5 Å². The average Bonchev–Trinajstić information content (AvgIpc) is 2.62. The molecule has 18 heavy (non-hydrogen) atoms. The second kappa shape index (κ2) is 6.73. The van der Waals surface area contributed by atoms with Crippen LogP contribution in [0.3, 0.4) is 0 Å². The maximum absolute atomic E-state index is 12.0. The van der Waals surface area contributed by atoms with E-state index < -0.39 is 0 Å². The van der Waals surface area contributed by atoms with Crippen molar-refractivity contribution in [2.75, 3.05) is 26.2 Å². The fourth-order valence-corrected chi connectivity index (χ4v) is 2.50. The Kier molecular flexibility index (Phi) is 4.99. The van der Waals surface area contributed by atoms with Crippen molar-refractivity contribution >= 4 is 11.8 Å². The molecule has 5 nitrogen and oxygen atoms in total. The fourth-order valence-electron chi connectivity index (χ4n) is 2.50. The van der Waals surface area contributed by atoms with Crippen molar-refractivity contribution in [3.05, 3.63) is 0 Å². The highest BCUT2D eigenvalue weighted by molar-refractivity contribution is 5.85. The van der Waals surface area contributed by atoms with Crippen LogP contribution in [0, 0.1) is 0 Å². The van der Waals surface area contributed by atoms with Crippen LogP contribution in [0.4, 0.5) is 0 Å². The van der Waals surface area contributed by atoms with E-state index in [0.29, 0.717) is 19.5 Å². The predicted molar refractivity (Wildman–Crippen MR) is 67.0 cm³/mol. The van der Waals surface area contributed by atoms with Crippen molar-refractivity contribution in [1.29, 1.82) is 0 Å². The molecule has 2 rings (SSSR count). The molecule has 0 aromatic heterocycles. The number of nitrogens with zero attached hydrogens (tertiary/aromatic N) is 1. The lowest BCUT2D eigenvalue weighted by molar-refractivity contribution is -0.136. The molecule has 2 aliphatic rings. The zero-order chi connectivity index (χ0) is 12.8. The highest BCUT2D eigenvalue weighted by Gasteiger charge is 2.21. The summed E-state index contributed by atoms with van der Waals surface area (Å²) in [4.78, 5) is 25.1. The molecule has 1 atom stereocenters. The monoisotopic (exact) mass is 254 g/mol. The first-order valence-electron chi connectivity index (χ1n) is 6.92. The minimum absolute atomic E-state index is 0.0465. The lowest BCUT2D eigenvalue weighted by Crippen LogP contribution is -2.37. The van der Waals surface area contributed by atoms with Gasteiger partial charge in [0.05, 0.1) is 12.6 Å². The molecule has 0 aliphatic carbocycles. The molecular weight excluding hydrogens is 232 g/mol. The summed E-state index contributed by atoms with van der Waals surface area (Å²) in [5.41, 5.74) is 0. The molecular formula is C13H22N2O3. The van der Waals surface area contributed by atoms with E-state index >= 15 is 0 Å². The zero-order valence-electron chi connectivity index (χ0n) is 10.8. The van der Waals surface area contributed by atoms with Crippen LogP contribution >= 0.6 is 0 Å². The molecule has 0 aromatic carbocycles. The van der Waals surface area contributed by atoms with Crippen LogP contribution in [-0.4, -0.2) is 49.1 Å². The van der Waals surface area contributed by atoms with Crippen molar-refractivity contribution in [3.8, 4) is 0 Å². The maximum atomic E-state index is 12.0. The average molecular weight is 254 g/mol. The number of hydrogen-bond acceptors (Lipinski definition) is 3. The Morgan fingerprint density at radius 3 is 3.06 bits per heavy atom. The van der Waals surface area contributed by atoms with Gasteiger partial charge in [0.1, 0.15) is 0 Å². The predicted octanol–water partition coefficient (Wildman–Crippen LogP) is 0.684. The largest absolute Gasteiger partial charge is 0.378 e. The number of ether oxygens (including phenoxy) is 1. The van der Waals surface area contributed by atoms with Gasteiger partial charge in [0.25, 0.3) is 0 Å². The number of amides is 2. The Hall–Kier alpha value is -1.10. The first-order valence-corrected chi connectivity index (χ1v) is 6.92. The van der Waals surface area contributed by atoms with Gasteiger partial charge >= 0.3 is 0 Å². The summed E-state index contributed by atoms with van der Waals surface area (Å²) in [5, 5.41) is 2.78. The van der Waals surface area contributed by atoms with Crippen LogP contribution in [-0.2, 0) is 14.3 Å². The van der Waals surface area contributed by atoms with E-state index in [1.807, 2.05) is 0 Å². The topological polar surface area (TPSA) is 58.6 Å². The Balaban J connectivity index is 1.74. The Labute approximate surface area is 108 Å². The van der Waals surface area contributed by atoms with E-state index in [4.69, 9.17) is 4.74 Å². The molecule has 0 radical (unpaired) electrons. The molecule has 2 amide bonds. The lowest BCUT2D eigenvalue weighted by Gasteiger charge is -2.24. The summed E-state index contributed by atoms with van der Waals surface area (Å²) < 4.78 is 5.61. The van der Waals surface area contributed by atoms with Gasteiger partial charge in [0, 0.05) is 26.1 Å². The fraction of sp³-hybridized carbons (Fsp3) is 0.846. The third kappa shape index (κ3) is 3.98. The summed E-state index contributed by atoms with van der Waals surface area (Å²) in [6.45, 7) is 2.40. The highest BCUT2D eigenvalue weighted by atomic mass is 16.5. The summed E-state index contributed by atoms with van der Waals surface area (Å²) in [6.07, 6.45) is 5.77. The summed E-state index contributed by atoms with van der Waals surface area (Å²) in [6, 6.07) is 0. The Morgan fingerprint density at radius 1 is 1.39 bits per heavy atom. The number of carbonyl (C=O) groups is 2. The minimum Gasteiger partial charge on any atom is -0.378 e. The standard InChI is InChI=1S/C13H22N2O3/c16-12-10-15(8-3-7-14-12)13(17)6-5-11-4-1-2-9-18-11/h11H,1-10H2,(H,14,16). The number of carbonyl (C=O) groups excluding carboxylic acids is 2. The van der Waals surface area contributed by atoms with E-state index in [1.165, 1.54) is 6.42 Å². The molecule has 0 saturated carbocycles. The Bertz CT molecular complexity index is 301. The van der Waals surface area contributed by atoms with Crippen LogP contribution in [0.1, 0.15) is 38.5 Å². The van der Waals surface area contributed by atoms with Crippen LogP contribution in [0.15, 0.2) is 0 Å². The maximum Gasteiger partial charge on any atom is 0.239 e. The third-order valence-electron chi connectivity index (χ3n) is 3.57. The van der Waals surface area contributed by atoms with Crippen molar-refractivity contribution in [1.82, 2.24) is 10.2 Å². The van der Waals surface area contributed by atoms with Gasteiger partial charge in [-0.3, -0.25) is 9.59 Å². The van der Waals surface area contributed by atoms with Gasteiger partial charge in [-0.05, 0) is 32.1 Å². The first-order chi connectivity index (χ1) is 8.75. The molecule has 102 valence electrons. The molecule has 0 aromatic rings. The van der Waals surface area contributed by atoms with Crippen LogP contribution < -0.4 is 5.32 Å². The van der Waals surface area contributed by atoms with Crippen molar-refractivity contribution in [2.45, 2.75) is 44.6 Å². The normalized spacial score (nSPS) is 25.4. The number of nitrogens with one attached hydrogen (secondary N) is 1. The number of rotatable bonds is 3. The molecule has 5 heteroatoms. The summed E-state index contributed by atoms with van der Waals surface area (Å²) in [7, 11) is 0. The van der Waals surface area contributed by atoms with Gasteiger partial charge in [0.2, 0.25) is 11.8 Å². The molecule has 2 saturated heterocycles. The molecule has 2 heterocycles. The molecule has 1 N–H and O–H groups in total. The highest BCUT2D eigenvalue weighted by Crippen LogP contribution is 2.17. The SMILES string of the molecule is O=C1CN(C(=O)CCC2CCCCO2)CCCN1. The lowest BCUT2D eigenvalue weighted by atomic mass is 10.0. The van der Waals surface area contributed by atoms with Gasteiger partial charge in [-0.2, -0.15) is 0 Å². The minimum atomic E-state index is -0.0465. The Morgan fingerprint density at radius 2 is 2.28 bits per heavy atom. The van der Waals surface area contributed by atoms with E-state index in [0.717, 1.165) is 32.3 Å². The molecule has 1 unspecified atom stereocenters. The van der Waals surface area contributed by atoms with Crippen LogP contribution in [0.25, 0.3) is 0 Å². The van der Waals surface area contributed by atoms with Crippen LogP contribution in [0.2, 0.25) is 0 Å². The van der Waals surface area contributed by atoms with Gasteiger partial charge in [0.15, 0.2) is 0 Å². The quantitative estimate of drug-likeness (QED) is 0.806. The molecule has 0 spiro atoms.